The molecule has 29 heavy (non-hydrogen) atoms. The van der Waals surface area contributed by atoms with Gasteiger partial charge in [-0.1, -0.05) is 85.0 Å². The van der Waals surface area contributed by atoms with E-state index in [1.807, 2.05) is 62.6 Å². The first kappa shape index (κ1) is 37.8. The van der Waals surface area contributed by atoms with E-state index in [1.165, 1.54) is 11.1 Å². The minimum atomic E-state index is 0. The molecule has 0 spiro atoms. The van der Waals surface area contributed by atoms with Crippen molar-refractivity contribution in [2.45, 2.75) is 6.42 Å². The molecule has 0 atom stereocenters. The van der Waals surface area contributed by atoms with Crippen LogP contribution in [0.25, 0.3) is 12.2 Å². The smallest absolute Gasteiger partial charge is 0 e. The Balaban J connectivity index is -0.000000127. The third-order valence-corrected chi connectivity index (χ3v) is 2.87. The fraction of sp³-hybridized carbons (Fsp3) is 0.111. The number of nitrogens with one attached hydrogen (secondary N) is 1. The summed E-state index contributed by atoms with van der Waals surface area (Å²) in [5.74, 6) is 0. The van der Waals surface area contributed by atoms with Gasteiger partial charge in [0.05, 0.1) is 0 Å². The van der Waals surface area contributed by atoms with E-state index in [-0.39, 0.29) is 51.4 Å². The Hall–Kier alpha value is -1.93. The monoisotopic (exact) mass is 424 g/mol. The molecular weight excluding hydrogens is 386 g/mol. The van der Waals surface area contributed by atoms with E-state index in [2.05, 4.69) is 66.0 Å². The molecule has 0 radical (unpaired) electrons. The Morgan fingerprint density at radius 2 is 1.10 bits per heavy atom. The fourth-order valence-electron chi connectivity index (χ4n) is 1.80. The van der Waals surface area contributed by atoms with Crippen LogP contribution in [-0.4, -0.2) is 14.1 Å². The Labute approximate surface area is 197 Å². The number of hydrogen-bond donors (Lipinski definition) is 1. The van der Waals surface area contributed by atoms with Crippen molar-refractivity contribution in [1.82, 2.24) is 5.32 Å². The summed E-state index contributed by atoms with van der Waals surface area (Å²) >= 11 is 0. The van der Waals surface area contributed by atoms with Gasteiger partial charge in [-0.15, -0.1) is 6.42 Å². The third-order valence-electron chi connectivity index (χ3n) is 2.87. The molecule has 160 valence electrons. The molecular formula is C27H38NTi-5. The second-order valence-electron chi connectivity index (χ2n) is 5.04. The Bertz CT molecular complexity index is 583. The van der Waals surface area contributed by atoms with Gasteiger partial charge in [0.25, 0.3) is 0 Å². The zero-order valence-electron chi connectivity index (χ0n) is 19.0. The molecule has 0 bridgehead atoms. The van der Waals surface area contributed by atoms with Crippen molar-refractivity contribution < 1.29 is 21.7 Å². The van der Waals surface area contributed by atoms with Crippen molar-refractivity contribution in [2.24, 2.45) is 0 Å². The molecule has 3 rings (SSSR count). The standard InChI is InChI=1S/C16H14.C5H5.C2H7N.4CH3.Ti/c1-3-9-15(10-4-1)13-7-8-14-16-11-5-2-6-12-16;1-2-4-5-3-1;1-3-2;;;;;/h1-14H;1-3H,4H2;3H,1-2H3;4*1H3;/q;-1;;4*-1;. The van der Waals surface area contributed by atoms with Crippen molar-refractivity contribution in [3.8, 4) is 0 Å². The van der Waals surface area contributed by atoms with E-state index in [1.54, 1.807) is 0 Å². The van der Waals surface area contributed by atoms with Crippen LogP contribution in [0.4, 0.5) is 0 Å². The van der Waals surface area contributed by atoms with E-state index in [0.29, 0.717) is 0 Å². The van der Waals surface area contributed by atoms with Crippen molar-refractivity contribution >= 4 is 12.2 Å². The van der Waals surface area contributed by atoms with Crippen LogP contribution in [-0.2, 0) is 21.7 Å². The van der Waals surface area contributed by atoms with E-state index in [0.717, 1.165) is 6.42 Å². The molecule has 0 amide bonds. The molecule has 1 aliphatic carbocycles. The number of benzene rings is 2. The molecule has 2 heteroatoms. The van der Waals surface area contributed by atoms with Gasteiger partial charge in [-0.3, -0.25) is 6.08 Å². The molecule has 1 N–H and O–H groups in total. The SMILES string of the molecule is C(C=Cc1ccccc1)=Cc1ccccc1.CNC.[C-]1=CC=CC1.[CH3-].[CH3-].[CH3-].[CH3-].[Ti]. The maximum Gasteiger partial charge on any atom is 0 e. The normalized spacial score (nSPS) is 9.86. The molecule has 0 saturated heterocycles. The van der Waals surface area contributed by atoms with Gasteiger partial charge in [-0.2, -0.15) is 6.08 Å². The second-order valence-corrected chi connectivity index (χ2v) is 5.04. The minimum Gasteiger partial charge on any atom is -0.358 e. The van der Waals surface area contributed by atoms with Crippen LogP contribution in [0.3, 0.4) is 0 Å². The minimum absolute atomic E-state index is 0. The summed E-state index contributed by atoms with van der Waals surface area (Å²) in [7, 11) is 3.75. The van der Waals surface area contributed by atoms with Gasteiger partial charge >= 0.3 is 0 Å². The van der Waals surface area contributed by atoms with Gasteiger partial charge < -0.3 is 35.0 Å². The van der Waals surface area contributed by atoms with Gasteiger partial charge in [0, 0.05) is 21.7 Å². The fourth-order valence-corrected chi connectivity index (χ4v) is 1.80. The molecule has 0 heterocycles. The van der Waals surface area contributed by atoms with Crippen LogP contribution >= 0.6 is 0 Å². The number of allylic oxidation sites excluding steroid dienone is 6. The Kier molecular flexibility index (Phi) is 36.8. The molecule has 0 aromatic heterocycles. The predicted octanol–water partition coefficient (Wildman–Crippen LogP) is 7.35. The van der Waals surface area contributed by atoms with Gasteiger partial charge in [0.15, 0.2) is 0 Å². The number of hydrogen-bond acceptors (Lipinski definition) is 1. The summed E-state index contributed by atoms with van der Waals surface area (Å²) in [5.41, 5.74) is 2.44. The van der Waals surface area contributed by atoms with Crippen molar-refractivity contribution in [2.75, 3.05) is 14.1 Å². The molecule has 0 aliphatic heterocycles. The van der Waals surface area contributed by atoms with Crippen molar-refractivity contribution in [3.63, 3.8) is 0 Å². The van der Waals surface area contributed by atoms with Crippen molar-refractivity contribution in [3.05, 3.63) is 138 Å². The molecule has 0 fully saturated rings. The van der Waals surface area contributed by atoms with Crippen LogP contribution in [0.1, 0.15) is 17.5 Å². The third kappa shape index (κ3) is 22.2. The molecule has 1 nitrogen and oxygen atoms in total. The average Bonchev–Trinajstić information content (AvgIpc) is 3.21. The second kappa shape index (κ2) is 28.3. The van der Waals surface area contributed by atoms with E-state index >= 15 is 0 Å². The van der Waals surface area contributed by atoms with Gasteiger partial charge in [0.2, 0.25) is 0 Å². The van der Waals surface area contributed by atoms with Crippen LogP contribution < -0.4 is 5.32 Å². The molecule has 2 aromatic carbocycles. The summed E-state index contributed by atoms with van der Waals surface area (Å²) in [5, 5.41) is 2.75. The molecule has 2 aromatic rings. The van der Waals surface area contributed by atoms with E-state index in [4.69, 9.17) is 0 Å². The van der Waals surface area contributed by atoms with E-state index < -0.39 is 0 Å². The average molecular weight is 424 g/mol. The van der Waals surface area contributed by atoms with Gasteiger partial charge in [-0.25, -0.2) is 12.2 Å². The van der Waals surface area contributed by atoms with Crippen LogP contribution in [0.2, 0.25) is 0 Å². The Morgan fingerprint density at radius 1 is 0.724 bits per heavy atom. The van der Waals surface area contributed by atoms with Gasteiger partial charge in [-0.05, 0) is 25.2 Å². The summed E-state index contributed by atoms with van der Waals surface area (Å²) in [6.45, 7) is 0. The van der Waals surface area contributed by atoms with Crippen molar-refractivity contribution in [1.29, 1.82) is 0 Å². The van der Waals surface area contributed by atoms with E-state index in [9.17, 15) is 0 Å². The largest absolute Gasteiger partial charge is 0.358 e. The molecule has 0 unspecified atom stereocenters. The number of rotatable bonds is 3. The summed E-state index contributed by atoms with van der Waals surface area (Å²) in [6.07, 6.45) is 18.3. The zero-order chi connectivity index (χ0) is 17.3. The first-order valence-electron chi connectivity index (χ1n) is 8.12. The van der Waals surface area contributed by atoms with Crippen LogP contribution in [0.15, 0.2) is 91.0 Å². The predicted molar refractivity (Wildman–Crippen MR) is 133 cm³/mol. The summed E-state index contributed by atoms with van der Waals surface area (Å²) < 4.78 is 0. The summed E-state index contributed by atoms with van der Waals surface area (Å²) in [6, 6.07) is 20.6. The molecule has 1 aliphatic rings. The maximum atomic E-state index is 2.99. The first-order chi connectivity index (χ1) is 11.9. The quantitative estimate of drug-likeness (QED) is 0.308. The van der Waals surface area contributed by atoms with Crippen LogP contribution in [0.5, 0.6) is 0 Å². The van der Waals surface area contributed by atoms with Crippen LogP contribution in [0, 0.1) is 35.8 Å². The first-order valence-corrected chi connectivity index (χ1v) is 8.12. The topological polar surface area (TPSA) is 12.0 Å². The van der Waals surface area contributed by atoms with Gasteiger partial charge in [0.1, 0.15) is 0 Å². The Morgan fingerprint density at radius 3 is 1.34 bits per heavy atom. The maximum absolute atomic E-state index is 2.99. The molecule has 0 saturated carbocycles. The summed E-state index contributed by atoms with van der Waals surface area (Å²) in [4.78, 5) is 0. The zero-order valence-corrected chi connectivity index (χ0v) is 20.6.